The van der Waals surface area contributed by atoms with Crippen molar-refractivity contribution in [1.82, 2.24) is 26.6 Å². The molecular weight excluding hydrogens is 1600 g/mol. The molecule has 686 valence electrons. The number of hydrogen-bond acceptors (Lipinski definition) is 34. The molecule has 0 unspecified atom stereocenters. The second kappa shape index (κ2) is 49.7. The van der Waals surface area contributed by atoms with Gasteiger partial charge < -0.3 is 173 Å². The molecule has 3 aromatic carbocycles. The van der Waals surface area contributed by atoms with Crippen molar-refractivity contribution in [1.29, 1.82) is 0 Å². The van der Waals surface area contributed by atoms with E-state index >= 15 is 0 Å². The normalized spacial score (nSPS) is 35.4. The molecule has 6 heterocycles. The lowest BCUT2D eigenvalue weighted by atomic mass is 9.80. The van der Waals surface area contributed by atoms with Crippen LogP contribution in [-0.2, 0) is 100 Å². The van der Waals surface area contributed by atoms with Gasteiger partial charge in [0.2, 0.25) is 11.8 Å². The maximum atomic E-state index is 13.5. The summed E-state index contributed by atoms with van der Waals surface area (Å²) in [6.07, 6.45) is -19.3. The molecule has 2 saturated carbocycles. The molecule has 39 heteroatoms. The van der Waals surface area contributed by atoms with E-state index in [1.165, 1.54) is 0 Å². The zero-order chi connectivity index (χ0) is 86.1. The number of benzene rings is 3. The fraction of sp³-hybridized carbons (Fsp3) is 0.675. The highest BCUT2D eigenvalue weighted by atomic mass is 16.8. The number of alkyl carbamates (subject to hydrolysis) is 3. The highest BCUT2D eigenvalue weighted by molar-refractivity contribution is 5.81. The summed E-state index contributed by atoms with van der Waals surface area (Å²) in [6.45, 7) is 4.87. The number of carbonyl (C=O) groups excluding carboxylic acids is 5. The number of hydrogen-bond donors (Lipinski definition) is 19. The number of carbonyl (C=O) groups is 5. The summed E-state index contributed by atoms with van der Waals surface area (Å²) in [6, 6.07) is 21.6. The molecule has 11 rings (SSSR count). The molecule has 3 aromatic rings. The third kappa shape index (κ3) is 27.9. The van der Waals surface area contributed by atoms with Crippen LogP contribution in [0, 0.1) is 5.92 Å². The molecule has 5 amide bonds. The Morgan fingerprint density at radius 1 is 0.443 bits per heavy atom. The summed E-state index contributed by atoms with van der Waals surface area (Å²) in [4.78, 5) is 64.7. The number of aliphatic hydroxyl groups is 8. The number of nitrogens with one attached hydrogen (secondary N) is 5. The van der Waals surface area contributed by atoms with Crippen molar-refractivity contribution < 1.29 is 136 Å². The van der Waals surface area contributed by atoms with E-state index in [2.05, 4.69) is 26.6 Å². The molecule has 0 radical (unpaired) electrons. The number of ether oxygens (including phenoxy) is 15. The molecule has 0 aromatic heterocycles. The molecule has 0 spiro atoms. The van der Waals surface area contributed by atoms with Gasteiger partial charge in [0.05, 0.1) is 67.9 Å². The highest BCUT2D eigenvalue weighted by Gasteiger charge is 2.56. The summed E-state index contributed by atoms with van der Waals surface area (Å²) in [5.74, 6) is -2.16. The fourth-order valence-corrected chi connectivity index (χ4v) is 15.3. The largest absolute Gasteiger partial charge is 0.445 e. The number of amides is 5. The van der Waals surface area contributed by atoms with Gasteiger partial charge in [0.25, 0.3) is 0 Å². The quantitative estimate of drug-likeness (QED) is 0.0251. The average Bonchev–Trinajstić information content (AvgIpc) is 1.36. The summed E-state index contributed by atoms with van der Waals surface area (Å²) >= 11 is 0. The minimum atomic E-state index is -1.65. The smallest absolute Gasteiger partial charge is 0.408 e. The molecule has 32 atom stereocenters. The highest BCUT2D eigenvalue weighted by Crippen LogP contribution is 2.39. The zero-order valence-electron chi connectivity index (χ0n) is 67.6. The Morgan fingerprint density at radius 3 is 1.25 bits per heavy atom. The second-order valence-corrected chi connectivity index (χ2v) is 31.1. The number of rotatable bonds is 35. The SMILES string of the molecule is C.C.CC[C@H]1C=C[C@@H](NC(=O)OCc2ccccc2)[C@@H](O[C@H]2[C@@H](O)[C@H](O[C@@H]3[C@@H](O)[C@H](NC(=O)[C@@H](O)CCNC(=O)OCc4ccccc4)C[C@H](C)[C@H]3O[C@H]3O[C@H](CC)C=C[C@H]3NC(=O)OCc3ccccc3)O[C@@H]2CO)O1.NCC[C@H](O)C(=O)N[C@@H]1C[C@H](N)[C@@H](O[C@H]2O[C@H](CN)CC[C@H]2N)[C@H](O[C@@H]2O[C@H](CO)[C@@H](O[C@H]3O[C@@H](CN)CC[C@H]3N)[C@H]2O)[C@H]1O. The van der Waals surface area contributed by atoms with Crippen molar-refractivity contribution >= 4 is 30.1 Å². The van der Waals surface area contributed by atoms with Crippen LogP contribution in [0.2, 0.25) is 0 Å². The number of nitrogens with two attached hydrogens (primary N) is 6. The van der Waals surface area contributed by atoms with E-state index in [0.717, 1.165) is 16.7 Å². The minimum Gasteiger partial charge on any atom is -0.445 e. The van der Waals surface area contributed by atoms with Gasteiger partial charge in [-0.25, -0.2) is 14.4 Å². The first-order valence-electron chi connectivity index (χ1n) is 41.2. The Bertz CT molecular complexity index is 3660. The van der Waals surface area contributed by atoms with E-state index in [1.807, 2.05) is 92.7 Å². The number of aliphatic hydroxyl groups excluding tert-OH is 8. The van der Waals surface area contributed by atoms with E-state index in [0.29, 0.717) is 38.5 Å². The molecule has 2 aliphatic carbocycles. The lowest BCUT2D eigenvalue weighted by molar-refractivity contribution is -0.288. The molecule has 6 aliphatic heterocycles. The van der Waals surface area contributed by atoms with Gasteiger partial charge in [-0.1, -0.05) is 151 Å². The minimum absolute atomic E-state index is 0. The topological polar surface area (TPSA) is 602 Å². The van der Waals surface area contributed by atoms with Crippen molar-refractivity contribution in [3.63, 3.8) is 0 Å². The average molecular weight is 1730 g/mol. The molecule has 8 aliphatic rings. The Labute approximate surface area is 711 Å². The maximum Gasteiger partial charge on any atom is 0.408 e. The van der Waals surface area contributed by atoms with Crippen molar-refractivity contribution in [2.75, 3.05) is 39.4 Å². The fourth-order valence-electron chi connectivity index (χ4n) is 15.3. The third-order valence-electron chi connectivity index (χ3n) is 22.2. The first kappa shape index (κ1) is 100. The van der Waals surface area contributed by atoms with E-state index in [4.69, 9.17) is 105 Å². The van der Waals surface area contributed by atoms with Crippen LogP contribution < -0.4 is 61.0 Å². The van der Waals surface area contributed by atoms with Gasteiger partial charge in [-0.2, -0.15) is 0 Å². The molecule has 0 bridgehead atoms. The summed E-state index contributed by atoms with van der Waals surface area (Å²) in [5, 5.41) is 102. The standard InChI is InChI=1S/C54H70N4O17.C27H53N7O11.2CH4/c1-4-36-21-23-38(57-53(65)68-30-34-17-11-7-12-18-34)49(70-36)73-45-32(3)27-40(56-48(63)41(60)25-26-55-52(64)67-29-33-15-9-6-10-16-33)43(61)47(45)75-51-44(62)46(42(28-59)72-51)74-50-39(24-22-37(5-2)71-50)58-54(66)69-31-35-19-13-8-14-20-35;28-6-5-17(36)24(39)34-16-7-15(33)21(43-25-13(31)3-1-11(8-29)40-25)23(19(16)37)45-27-20(38)22(18(10-35)42-27)44-26-14(32)4-2-12(9-30)41-26;;/h6-24,32,36-47,49-51,59-62H,4-5,25-31H2,1-3H3,(H,55,64)(H,56,63)(H,57,65)(H,58,66);11-23,25-27,35-38H,1-10,28-33H2,(H,34,39);2*1H4/t32-,36+,37-,38+,39+,40+,41-,42+,43-,44+,45+,46+,47+,49+,50+,51-;11-,12+,13+,14+,15-,16+,17-,18+,19-,20+,21+,22+,23+,25+,26+,27-;;/m00../s1. The third-order valence-corrected chi connectivity index (χ3v) is 22.2. The molecule has 25 N–H and O–H groups in total. The van der Waals surface area contributed by atoms with E-state index in [-0.39, 0.29) is 98.7 Å². The lowest BCUT2D eigenvalue weighted by Gasteiger charge is -2.46. The van der Waals surface area contributed by atoms with E-state index in [9.17, 15) is 64.8 Å². The van der Waals surface area contributed by atoms with Gasteiger partial charge in [-0.15, -0.1) is 0 Å². The summed E-state index contributed by atoms with van der Waals surface area (Å²) in [5.41, 5.74) is 38.4. The predicted octanol–water partition coefficient (Wildman–Crippen LogP) is -0.884. The van der Waals surface area contributed by atoms with Gasteiger partial charge in [0, 0.05) is 25.7 Å². The monoisotopic (exact) mass is 1730 g/mol. The van der Waals surface area contributed by atoms with Crippen LogP contribution in [0.3, 0.4) is 0 Å². The lowest BCUT2D eigenvalue weighted by Crippen LogP contribution is -2.67. The van der Waals surface area contributed by atoms with Crippen LogP contribution in [-0.4, -0.2) is 300 Å². The van der Waals surface area contributed by atoms with Gasteiger partial charge in [-0.05, 0) is 93.4 Å². The summed E-state index contributed by atoms with van der Waals surface area (Å²) in [7, 11) is 0. The van der Waals surface area contributed by atoms with Gasteiger partial charge in [0.15, 0.2) is 37.7 Å². The predicted molar refractivity (Wildman–Crippen MR) is 437 cm³/mol. The van der Waals surface area contributed by atoms with Crippen LogP contribution in [0.15, 0.2) is 115 Å². The molecule has 4 saturated heterocycles. The van der Waals surface area contributed by atoms with Crippen LogP contribution in [0.1, 0.15) is 117 Å². The van der Waals surface area contributed by atoms with E-state index < -0.39 is 227 Å². The van der Waals surface area contributed by atoms with Gasteiger partial charge in [-0.3, -0.25) is 9.59 Å². The van der Waals surface area contributed by atoms with Crippen molar-refractivity contribution in [3.05, 3.63) is 132 Å². The van der Waals surface area contributed by atoms with Crippen LogP contribution in [0.25, 0.3) is 0 Å². The molecule has 122 heavy (non-hydrogen) atoms. The second-order valence-electron chi connectivity index (χ2n) is 31.1. The van der Waals surface area contributed by atoms with Crippen molar-refractivity contribution in [2.24, 2.45) is 40.3 Å². The Morgan fingerprint density at radius 2 is 0.828 bits per heavy atom. The van der Waals surface area contributed by atoms with Crippen LogP contribution >= 0.6 is 0 Å². The van der Waals surface area contributed by atoms with Crippen molar-refractivity contribution in [2.45, 2.75) is 310 Å². The van der Waals surface area contributed by atoms with Gasteiger partial charge in [0.1, 0.15) is 111 Å². The Hall–Kier alpha value is -7.15. The van der Waals surface area contributed by atoms with E-state index in [1.54, 1.807) is 43.4 Å². The maximum absolute atomic E-state index is 13.5. The molecular formula is C83H131N11O28. The van der Waals surface area contributed by atoms with Crippen LogP contribution in [0.4, 0.5) is 14.4 Å². The summed E-state index contributed by atoms with van der Waals surface area (Å²) < 4.78 is 90.4. The van der Waals surface area contributed by atoms with Crippen molar-refractivity contribution in [3.8, 4) is 0 Å². The van der Waals surface area contributed by atoms with Gasteiger partial charge >= 0.3 is 18.3 Å². The van der Waals surface area contributed by atoms with Crippen LogP contribution in [0.5, 0.6) is 0 Å². The Balaban J connectivity index is 0.000000336. The Kier molecular flexibility index (Phi) is 40.8. The first-order chi connectivity index (χ1) is 57.8. The molecule has 6 fully saturated rings. The molecule has 39 nitrogen and oxygen atoms in total. The first-order valence-corrected chi connectivity index (χ1v) is 41.2. The zero-order valence-corrected chi connectivity index (χ0v) is 67.6.